The van der Waals surface area contributed by atoms with Crippen molar-refractivity contribution >= 4 is 18.8 Å². The van der Waals surface area contributed by atoms with Gasteiger partial charge in [-0.3, -0.25) is 9.59 Å². The highest BCUT2D eigenvalue weighted by Gasteiger charge is 2.07. The molecule has 0 radical (unpaired) electrons. The van der Waals surface area contributed by atoms with Gasteiger partial charge in [-0.1, -0.05) is 0 Å². The second-order valence-corrected chi connectivity index (χ2v) is 2.21. The van der Waals surface area contributed by atoms with Crippen LogP contribution >= 0.6 is 0 Å². The molecule has 0 aromatic rings. The maximum atomic E-state index is 10.7. The van der Waals surface area contributed by atoms with Crippen LogP contribution in [0, 0.1) is 0 Å². The lowest BCUT2D eigenvalue weighted by Crippen LogP contribution is -2.19. The van der Waals surface area contributed by atoms with Crippen molar-refractivity contribution < 1.29 is 14.3 Å². The van der Waals surface area contributed by atoms with Gasteiger partial charge in [0.2, 0.25) is 0 Å². The topological polar surface area (TPSA) is 67.8 Å². The Hall–Kier alpha value is -1.65. The van der Waals surface area contributed by atoms with E-state index in [1.165, 1.54) is 6.34 Å². The molecule has 12 heavy (non-hydrogen) atoms. The first-order valence-electron chi connectivity index (χ1n) is 3.39. The molecule has 0 amide bonds. The third-order valence-corrected chi connectivity index (χ3v) is 1.30. The number of nitrogens with zero attached hydrogens (tertiary/aromatic N) is 1. The molecule has 0 fully saturated rings. The fourth-order valence-electron chi connectivity index (χ4n) is 0.807. The van der Waals surface area contributed by atoms with Crippen LogP contribution in [0.5, 0.6) is 0 Å². The number of aliphatic imine (C=N–C) groups is 1. The molecular weight excluding hydrogens is 160 g/mol. The zero-order chi connectivity index (χ0) is 8.81. The highest BCUT2D eigenvalue weighted by molar-refractivity contribution is 5.79. The highest BCUT2D eigenvalue weighted by atomic mass is 16.6. The lowest BCUT2D eigenvalue weighted by molar-refractivity contribution is -0.150. The molecule has 0 saturated carbocycles. The number of carbonyl (C=O) groups excluding carboxylic acids is 2. The molecule has 0 spiro atoms. The van der Waals surface area contributed by atoms with Gasteiger partial charge in [-0.25, -0.2) is 4.99 Å². The van der Waals surface area contributed by atoms with Crippen LogP contribution in [0.1, 0.15) is 6.42 Å². The Kier molecular flexibility index (Phi) is 3.01. The number of rotatable bonds is 3. The summed E-state index contributed by atoms with van der Waals surface area (Å²) in [5, 5.41) is 2.83. The van der Waals surface area contributed by atoms with Gasteiger partial charge in [0.05, 0.1) is 12.8 Å². The van der Waals surface area contributed by atoms with Crippen molar-refractivity contribution in [3.8, 4) is 0 Å². The molecule has 0 aromatic heterocycles. The summed E-state index contributed by atoms with van der Waals surface area (Å²) in [6.07, 6.45) is 3.21. The molecule has 1 rings (SSSR count). The lowest BCUT2D eigenvalue weighted by atomic mass is 10.2. The molecule has 64 valence electrons. The minimum absolute atomic E-state index is 0.100. The molecule has 5 nitrogen and oxygen atoms in total. The maximum Gasteiger partial charge on any atom is 0.317 e. The Labute approximate surface area is 69.1 Å². The molecule has 1 aliphatic heterocycles. The molecule has 1 aliphatic rings. The Balaban J connectivity index is 2.39. The number of nitrogens with one attached hydrogen (secondary N) is 1. The van der Waals surface area contributed by atoms with Crippen molar-refractivity contribution in [2.24, 2.45) is 4.99 Å². The van der Waals surface area contributed by atoms with E-state index in [1.807, 2.05) is 0 Å². The smallest absolute Gasteiger partial charge is 0.317 e. The molecule has 0 aromatic carbocycles. The van der Waals surface area contributed by atoms with E-state index >= 15 is 0 Å². The van der Waals surface area contributed by atoms with E-state index in [1.54, 1.807) is 6.20 Å². The summed E-state index contributed by atoms with van der Waals surface area (Å²) in [7, 11) is 0. The van der Waals surface area contributed by atoms with E-state index in [9.17, 15) is 9.59 Å². The van der Waals surface area contributed by atoms with Crippen molar-refractivity contribution in [2.75, 3.05) is 6.54 Å². The minimum Gasteiger partial charge on any atom is -0.395 e. The Morgan fingerprint density at radius 1 is 1.83 bits per heavy atom. The largest absolute Gasteiger partial charge is 0.395 e. The maximum absolute atomic E-state index is 10.7. The Bertz CT molecular complexity index is 245. The number of esters is 1. The zero-order valence-corrected chi connectivity index (χ0v) is 6.32. The summed E-state index contributed by atoms with van der Waals surface area (Å²) in [5.74, 6) is -0.560. The molecule has 5 heteroatoms. The molecule has 0 bridgehead atoms. The van der Waals surface area contributed by atoms with E-state index in [-0.39, 0.29) is 12.9 Å². The van der Waals surface area contributed by atoms with Gasteiger partial charge in [0.15, 0.2) is 0 Å². The predicted molar refractivity (Wildman–Crippen MR) is 41.4 cm³/mol. The average molecular weight is 168 g/mol. The fraction of sp³-hybridized carbons (Fsp3) is 0.286. The van der Waals surface area contributed by atoms with Crippen LogP contribution in [-0.4, -0.2) is 25.3 Å². The number of carbonyl (C=O) groups is 2. The van der Waals surface area contributed by atoms with Crippen LogP contribution < -0.4 is 5.32 Å². The van der Waals surface area contributed by atoms with Crippen LogP contribution in [0.3, 0.4) is 0 Å². The van der Waals surface area contributed by atoms with Crippen molar-refractivity contribution in [1.29, 1.82) is 0 Å². The summed E-state index contributed by atoms with van der Waals surface area (Å²) >= 11 is 0. The molecule has 0 aliphatic carbocycles. The third kappa shape index (κ3) is 2.53. The monoisotopic (exact) mass is 168 g/mol. The standard InChI is InChI=1S/C7H8N2O3/c10-5-12-7(11)1-6-2-8-4-9-3-6/h2,4-5H,1,3H2,(H,8,9). The van der Waals surface area contributed by atoms with Crippen LogP contribution in [0.4, 0.5) is 0 Å². The van der Waals surface area contributed by atoms with Crippen LogP contribution in [0.2, 0.25) is 0 Å². The van der Waals surface area contributed by atoms with Gasteiger partial charge in [-0.05, 0) is 5.57 Å². The Morgan fingerprint density at radius 3 is 3.25 bits per heavy atom. The molecule has 0 atom stereocenters. The first-order chi connectivity index (χ1) is 5.83. The van der Waals surface area contributed by atoms with Crippen molar-refractivity contribution in [3.05, 3.63) is 11.8 Å². The van der Waals surface area contributed by atoms with Crippen LogP contribution in [-0.2, 0) is 14.3 Å². The van der Waals surface area contributed by atoms with Gasteiger partial charge in [-0.15, -0.1) is 0 Å². The summed E-state index contributed by atoms with van der Waals surface area (Å²) in [6.45, 7) is 0.694. The molecular formula is C7H8N2O3. The van der Waals surface area contributed by atoms with E-state index < -0.39 is 5.97 Å². The summed E-state index contributed by atoms with van der Waals surface area (Å²) in [5.41, 5.74) is 0.796. The molecule has 1 N–H and O–H groups in total. The second kappa shape index (κ2) is 4.27. The van der Waals surface area contributed by atoms with E-state index in [4.69, 9.17) is 0 Å². The zero-order valence-electron chi connectivity index (χ0n) is 6.32. The van der Waals surface area contributed by atoms with Gasteiger partial charge in [0.25, 0.3) is 0 Å². The average Bonchev–Trinajstić information content (AvgIpc) is 2.06. The van der Waals surface area contributed by atoms with E-state index in [0.717, 1.165) is 5.57 Å². The quantitative estimate of drug-likeness (QED) is 0.353. The Morgan fingerprint density at radius 2 is 2.67 bits per heavy atom. The summed E-state index contributed by atoms with van der Waals surface area (Å²) < 4.78 is 4.10. The van der Waals surface area contributed by atoms with Crippen LogP contribution in [0.15, 0.2) is 16.8 Å². The first-order valence-corrected chi connectivity index (χ1v) is 3.39. The van der Waals surface area contributed by atoms with E-state index in [0.29, 0.717) is 6.54 Å². The molecule has 0 unspecified atom stereocenters. The van der Waals surface area contributed by atoms with Crippen molar-refractivity contribution in [3.63, 3.8) is 0 Å². The highest BCUT2D eigenvalue weighted by Crippen LogP contribution is 2.03. The number of hydrogen-bond donors (Lipinski definition) is 1. The fourth-order valence-corrected chi connectivity index (χ4v) is 0.807. The van der Waals surface area contributed by atoms with Gasteiger partial charge in [0.1, 0.15) is 0 Å². The number of hydrogen-bond acceptors (Lipinski definition) is 5. The number of ether oxygens (including phenoxy) is 1. The van der Waals surface area contributed by atoms with Gasteiger partial charge in [0, 0.05) is 12.7 Å². The SMILES string of the molecule is O=COC(=O)CC1=CN=CNC1. The summed E-state index contributed by atoms with van der Waals surface area (Å²) in [4.78, 5) is 24.3. The normalized spacial score (nSPS) is 14.5. The predicted octanol–water partition coefficient (Wildman–Crippen LogP) is -0.409. The van der Waals surface area contributed by atoms with Crippen molar-refractivity contribution in [2.45, 2.75) is 6.42 Å². The van der Waals surface area contributed by atoms with Gasteiger partial charge in [-0.2, -0.15) is 0 Å². The molecule has 1 heterocycles. The van der Waals surface area contributed by atoms with Crippen LogP contribution in [0.25, 0.3) is 0 Å². The molecule has 0 saturated heterocycles. The summed E-state index contributed by atoms with van der Waals surface area (Å²) in [6, 6.07) is 0. The van der Waals surface area contributed by atoms with Crippen molar-refractivity contribution in [1.82, 2.24) is 5.32 Å². The lowest BCUT2D eigenvalue weighted by Gasteiger charge is -2.07. The van der Waals surface area contributed by atoms with Gasteiger partial charge >= 0.3 is 12.4 Å². The first kappa shape index (κ1) is 8.45. The minimum atomic E-state index is -0.560. The van der Waals surface area contributed by atoms with Gasteiger partial charge < -0.3 is 10.1 Å². The second-order valence-electron chi connectivity index (χ2n) is 2.21. The third-order valence-electron chi connectivity index (χ3n) is 1.30. The van der Waals surface area contributed by atoms with E-state index in [2.05, 4.69) is 15.0 Å².